The van der Waals surface area contributed by atoms with E-state index < -0.39 is 31.5 Å². The normalized spacial score (nSPS) is 12.6. The molecular weight excluding hydrogens is 468 g/mol. The Bertz CT molecular complexity index is 850. The first kappa shape index (κ1) is 21.3. The van der Waals surface area contributed by atoms with Gasteiger partial charge in [-0.15, -0.1) is 11.3 Å². The molecular formula is C14H10BrF5NO3PS. The fourth-order valence-corrected chi connectivity index (χ4v) is 4.83. The lowest BCUT2D eigenvalue weighted by atomic mass is 10.1. The second kappa shape index (κ2) is 7.90. The van der Waals surface area contributed by atoms with E-state index >= 15 is 0 Å². The second-order valence-corrected chi connectivity index (χ2v) is 8.06. The summed E-state index contributed by atoms with van der Waals surface area (Å²) in [5.74, 6) is -0.0193. The number of hydrogen-bond donors (Lipinski definition) is 2. The van der Waals surface area contributed by atoms with Crippen LogP contribution in [0.25, 0.3) is 10.1 Å². The van der Waals surface area contributed by atoms with Crippen LogP contribution in [0.4, 0.5) is 22.0 Å². The summed E-state index contributed by atoms with van der Waals surface area (Å²) in [4.78, 5) is 17.3. The van der Waals surface area contributed by atoms with Crippen LogP contribution >= 0.6 is 35.6 Å². The minimum Gasteiger partial charge on any atom is -0.492 e. The maximum Gasteiger partial charge on any atom is 0.389 e. The van der Waals surface area contributed by atoms with E-state index in [-0.39, 0.29) is 38.9 Å². The smallest absolute Gasteiger partial charge is 0.389 e. The molecule has 0 spiro atoms. The van der Waals surface area contributed by atoms with E-state index in [0.717, 1.165) is 0 Å². The van der Waals surface area contributed by atoms with Gasteiger partial charge in [0, 0.05) is 16.3 Å². The lowest BCUT2D eigenvalue weighted by Crippen LogP contribution is -2.09. The molecule has 0 amide bonds. The molecule has 0 saturated heterocycles. The number of benzene rings is 1. The van der Waals surface area contributed by atoms with Gasteiger partial charge in [-0.05, 0) is 34.5 Å². The Morgan fingerprint density at radius 3 is 2.42 bits per heavy atom. The van der Waals surface area contributed by atoms with Gasteiger partial charge >= 0.3 is 11.8 Å². The zero-order valence-electron chi connectivity index (χ0n) is 12.6. The minimum absolute atomic E-state index is 0.0193. The summed E-state index contributed by atoms with van der Waals surface area (Å²) in [6.45, 7) is -0.322. The third kappa shape index (κ3) is 4.61. The fourth-order valence-electron chi connectivity index (χ4n) is 2.05. The number of thiophene rings is 1. The van der Waals surface area contributed by atoms with Crippen LogP contribution in [0.5, 0.6) is 5.75 Å². The highest BCUT2D eigenvalue weighted by Crippen LogP contribution is 2.58. The number of alkyl halides is 5. The molecule has 142 valence electrons. The summed E-state index contributed by atoms with van der Waals surface area (Å²) in [5.41, 5.74) is -3.86. The van der Waals surface area contributed by atoms with Crippen molar-refractivity contribution < 1.29 is 36.5 Å². The van der Waals surface area contributed by atoms with Crippen LogP contribution in [0.1, 0.15) is 23.3 Å². The average Bonchev–Trinajstić information content (AvgIpc) is 2.88. The zero-order valence-corrected chi connectivity index (χ0v) is 15.9. The van der Waals surface area contributed by atoms with Crippen molar-refractivity contribution in [2.24, 2.45) is 0 Å². The summed E-state index contributed by atoms with van der Waals surface area (Å²) >= 11 is 3.48. The van der Waals surface area contributed by atoms with E-state index in [0.29, 0.717) is 11.3 Å². The minimum atomic E-state index is -4.34. The summed E-state index contributed by atoms with van der Waals surface area (Å²) in [6, 6.07) is 4.35. The lowest BCUT2D eigenvalue weighted by Gasteiger charge is -2.15. The third-order valence-electron chi connectivity index (χ3n) is 3.21. The topological polar surface area (TPSA) is 73.5 Å². The van der Waals surface area contributed by atoms with Crippen LogP contribution in [0, 0.1) is 11.3 Å². The second-order valence-electron chi connectivity index (χ2n) is 5.11. The summed E-state index contributed by atoms with van der Waals surface area (Å²) in [5, 5.41) is 9.23. The monoisotopic (exact) mass is 477 g/mol. The van der Waals surface area contributed by atoms with Gasteiger partial charge in [-0.3, -0.25) is 0 Å². The van der Waals surface area contributed by atoms with Crippen LogP contribution in [0.2, 0.25) is 0 Å². The Morgan fingerprint density at radius 1 is 1.23 bits per heavy atom. The van der Waals surface area contributed by atoms with Crippen LogP contribution in [0.15, 0.2) is 16.6 Å². The van der Waals surface area contributed by atoms with Gasteiger partial charge in [-0.25, -0.2) is 0 Å². The lowest BCUT2D eigenvalue weighted by molar-refractivity contribution is -0.136. The van der Waals surface area contributed by atoms with Crippen LogP contribution < -0.4 is 4.74 Å². The Kier molecular flexibility index (Phi) is 6.46. The molecule has 4 nitrogen and oxygen atoms in total. The molecule has 1 aromatic heterocycles. The molecule has 0 unspecified atom stereocenters. The standard InChI is InChI=1S/C14H10BrF5NO3PS/c15-10-8-4-7(6-21)5-9(24-3-1-2-13(16,17)18)11(8)26-12(10)14(19,20)25(22)23/h4-5,22-23H,1-3H2. The molecule has 1 heterocycles. The molecule has 0 aliphatic heterocycles. The van der Waals surface area contributed by atoms with Crippen molar-refractivity contribution in [2.45, 2.75) is 24.7 Å². The highest BCUT2D eigenvalue weighted by molar-refractivity contribution is 9.10. The number of nitrogens with zero attached hydrogens (tertiary/aromatic N) is 1. The van der Waals surface area contributed by atoms with Gasteiger partial charge in [0.2, 0.25) is 8.38 Å². The number of nitriles is 1. The Balaban J connectivity index is 2.42. The molecule has 2 aromatic rings. The average molecular weight is 478 g/mol. The molecule has 12 heteroatoms. The van der Waals surface area contributed by atoms with Crippen molar-refractivity contribution in [1.29, 1.82) is 5.26 Å². The molecule has 0 radical (unpaired) electrons. The van der Waals surface area contributed by atoms with E-state index in [1.54, 1.807) is 0 Å². The fraction of sp³-hybridized carbons (Fsp3) is 0.357. The SMILES string of the molecule is N#Cc1cc(OCCCC(F)(F)F)c2sc(C(F)(F)P(O)O)c(Br)c2c1. The van der Waals surface area contributed by atoms with Crippen molar-refractivity contribution in [3.8, 4) is 11.8 Å². The first-order chi connectivity index (χ1) is 12.0. The maximum atomic E-state index is 14.0. The first-order valence-corrected chi connectivity index (χ1v) is 9.75. The summed E-state index contributed by atoms with van der Waals surface area (Å²) in [7, 11) is -3.60. The largest absolute Gasteiger partial charge is 0.492 e. The molecule has 2 rings (SSSR count). The molecule has 0 aliphatic carbocycles. The van der Waals surface area contributed by atoms with Crippen LogP contribution in [-0.2, 0) is 5.66 Å². The summed E-state index contributed by atoms with van der Waals surface area (Å²) in [6.07, 6.45) is -5.74. The summed E-state index contributed by atoms with van der Waals surface area (Å²) < 4.78 is 69.9. The van der Waals surface area contributed by atoms with Gasteiger partial charge in [-0.2, -0.15) is 27.2 Å². The predicted octanol–water partition coefficient (Wildman–Crippen LogP) is 5.60. The van der Waals surface area contributed by atoms with Gasteiger partial charge in [0.15, 0.2) is 0 Å². The van der Waals surface area contributed by atoms with Gasteiger partial charge in [0.05, 0.1) is 27.8 Å². The van der Waals surface area contributed by atoms with Gasteiger partial charge < -0.3 is 14.5 Å². The van der Waals surface area contributed by atoms with Crippen molar-refractivity contribution in [1.82, 2.24) is 0 Å². The number of halogens is 6. The van der Waals surface area contributed by atoms with Crippen molar-refractivity contribution in [3.05, 3.63) is 27.0 Å². The Morgan fingerprint density at radius 2 is 1.88 bits per heavy atom. The van der Waals surface area contributed by atoms with E-state index in [2.05, 4.69) is 15.9 Å². The number of ether oxygens (including phenoxy) is 1. The molecule has 26 heavy (non-hydrogen) atoms. The van der Waals surface area contributed by atoms with Gasteiger partial charge in [0.25, 0.3) is 0 Å². The first-order valence-electron chi connectivity index (χ1n) is 6.89. The maximum absolute atomic E-state index is 14.0. The number of rotatable bonds is 6. The quantitative estimate of drug-likeness (QED) is 0.322. The van der Waals surface area contributed by atoms with Crippen LogP contribution in [0.3, 0.4) is 0 Å². The van der Waals surface area contributed by atoms with E-state index in [9.17, 15) is 22.0 Å². The molecule has 0 bridgehead atoms. The highest BCUT2D eigenvalue weighted by Gasteiger charge is 2.45. The molecule has 0 atom stereocenters. The highest BCUT2D eigenvalue weighted by atomic mass is 79.9. The number of hydrogen-bond acceptors (Lipinski definition) is 5. The van der Waals surface area contributed by atoms with Crippen LogP contribution in [-0.4, -0.2) is 22.6 Å². The van der Waals surface area contributed by atoms with Crippen molar-refractivity contribution in [2.75, 3.05) is 6.61 Å². The van der Waals surface area contributed by atoms with E-state index in [1.807, 2.05) is 6.07 Å². The molecule has 0 fully saturated rings. The molecule has 0 aliphatic rings. The third-order valence-corrected chi connectivity index (χ3v) is 6.46. The van der Waals surface area contributed by atoms with Gasteiger partial charge in [0.1, 0.15) is 5.75 Å². The van der Waals surface area contributed by atoms with E-state index in [1.165, 1.54) is 12.1 Å². The van der Waals surface area contributed by atoms with E-state index in [4.69, 9.17) is 19.8 Å². The Labute approximate surface area is 157 Å². The van der Waals surface area contributed by atoms with Crippen molar-refractivity contribution in [3.63, 3.8) is 0 Å². The van der Waals surface area contributed by atoms with Gasteiger partial charge in [-0.1, -0.05) is 0 Å². The number of fused-ring (bicyclic) bond motifs is 1. The van der Waals surface area contributed by atoms with Crippen molar-refractivity contribution >= 4 is 45.7 Å². The predicted molar refractivity (Wildman–Crippen MR) is 90.3 cm³/mol. The Hall–Kier alpha value is -1.05. The molecule has 2 N–H and O–H groups in total. The molecule has 1 aromatic carbocycles. The zero-order chi connectivity index (χ0) is 19.7. The molecule has 0 saturated carbocycles.